The Morgan fingerprint density at radius 3 is 2.37 bits per heavy atom. The minimum Gasteiger partial charge on any atom is -0.330 e. The van der Waals surface area contributed by atoms with Crippen LogP contribution in [0.4, 0.5) is 0 Å². The number of hydrogen-bond acceptors (Lipinski definition) is 5. The Labute approximate surface area is 110 Å². The number of nitrogens with zero attached hydrogens (tertiary/aromatic N) is 4. The van der Waals surface area contributed by atoms with Crippen LogP contribution in [0, 0.1) is 0 Å². The van der Waals surface area contributed by atoms with Crippen molar-refractivity contribution in [3.63, 3.8) is 0 Å². The highest BCUT2D eigenvalue weighted by molar-refractivity contribution is 5.79. The van der Waals surface area contributed by atoms with Gasteiger partial charge in [-0.25, -0.2) is 9.97 Å². The molecular formula is C14H13N5. The van der Waals surface area contributed by atoms with E-state index in [1.165, 1.54) is 0 Å². The normalized spacial score (nSPS) is 10.8. The maximum absolute atomic E-state index is 5.50. The summed E-state index contributed by atoms with van der Waals surface area (Å²) in [4.78, 5) is 17.2. The average molecular weight is 251 g/mol. The number of nitrogens with two attached hydrogens (primary N) is 1. The molecule has 0 unspecified atom stereocenters. The van der Waals surface area contributed by atoms with Crippen molar-refractivity contribution < 1.29 is 0 Å². The largest absolute Gasteiger partial charge is 0.330 e. The molecule has 1 aromatic carbocycles. The van der Waals surface area contributed by atoms with Gasteiger partial charge in [-0.2, -0.15) is 0 Å². The van der Waals surface area contributed by atoms with Gasteiger partial charge in [-0.1, -0.05) is 0 Å². The first-order chi connectivity index (χ1) is 9.36. The Balaban J connectivity index is 1.99. The molecule has 0 radical (unpaired) electrons. The molecule has 5 heteroatoms. The number of rotatable bonds is 3. The molecule has 19 heavy (non-hydrogen) atoms. The molecule has 0 amide bonds. The van der Waals surface area contributed by atoms with Crippen molar-refractivity contribution in [2.75, 3.05) is 6.54 Å². The molecule has 5 nitrogen and oxygen atoms in total. The standard InChI is InChI=1S/C14H13N5/c15-4-3-10-8-18-14(19-9-10)11-1-2-12-13(7-11)17-6-5-16-12/h1-2,5-9H,3-4,15H2. The third-order valence-electron chi connectivity index (χ3n) is 2.87. The van der Waals surface area contributed by atoms with Crippen LogP contribution in [0.25, 0.3) is 22.4 Å². The third-order valence-corrected chi connectivity index (χ3v) is 2.87. The van der Waals surface area contributed by atoms with E-state index in [-0.39, 0.29) is 0 Å². The van der Waals surface area contributed by atoms with Crippen LogP contribution in [0.2, 0.25) is 0 Å². The molecule has 94 valence electrons. The lowest BCUT2D eigenvalue weighted by Gasteiger charge is -2.03. The van der Waals surface area contributed by atoms with Gasteiger partial charge in [0, 0.05) is 30.4 Å². The predicted octanol–water partition coefficient (Wildman–Crippen LogP) is 1.59. The molecule has 2 heterocycles. The Hall–Kier alpha value is -2.40. The molecule has 3 rings (SSSR count). The van der Waals surface area contributed by atoms with Crippen LogP contribution < -0.4 is 5.73 Å². The fourth-order valence-electron chi connectivity index (χ4n) is 1.90. The van der Waals surface area contributed by atoms with Gasteiger partial charge in [0.25, 0.3) is 0 Å². The average Bonchev–Trinajstić information content (AvgIpc) is 2.48. The van der Waals surface area contributed by atoms with Crippen LogP contribution in [0.15, 0.2) is 43.0 Å². The minimum absolute atomic E-state index is 0.605. The fraction of sp³-hybridized carbons (Fsp3) is 0.143. The van der Waals surface area contributed by atoms with Gasteiger partial charge in [0.1, 0.15) is 0 Å². The van der Waals surface area contributed by atoms with E-state index >= 15 is 0 Å². The van der Waals surface area contributed by atoms with E-state index < -0.39 is 0 Å². The van der Waals surface area contributed by atoms with Gasteiger partial charge in [0.05, 0.1) is 11.0 Å². The zero-order valence-electron chi connectivity index (χ0n) is 10.3. The molecule has 0 aliphatic rings. The summed E-state index contributed by atoms with van der Waals surface area (Å²) < 4.78 is 0. The molecule has 0 saturated heterocycles. The maximum Gasteiger partial charge on any atom is 0.159 e. The zero-order chi connectivity index (χ0) is 13.1. The molecular weight excluding hydrogens is 238 g/mol. The Morgan fingerprint density at radius 2 is 1.63 bits per heavy atom. The fourth-order valence-corrected chi connectivity index (χ4v) is 1.90. The highest BCUT2D eigenvalue weighted by Crippen LogP contribution is 2.18. The molecule has 0 bridgehead atoms. The highest BCUT2D eigenvalue weighted by atomic mass is 14.9. The molecule has 2 aromatic heterocycles. The third kappa shape index (κ3) is 2.41. The summed E-state index contributed by atoms with van der Waals surface area (Å²) in [7, 11) is 0. The summed E-state index contributed by atoms with van der Waals surface area (Å²) >= 11 is 0. The molecule has 0 spiro atoms. The molecule has 0 saturated carbocycles. The lowest BCUT2D eigenvalue weighted by atomic mass is 10.1. The first-order valence-corrected chi connectivity index (χ1v) is 6.09. The first-order valence-electron chi connectivity index (χ1n) is 6.09. The van der Waals surface area contributed by atoms with Crippen molar-refractivity contribution in [2.45, 2.75) is 6.42 Å². The SMILES string of the molecule is NCCc1cnc(-c2ccc3nccnc3c2)nc1. The van der Waals surface area contributed by atoms with E-state index in [4.69, 9.17) is 5.73 Å². The highest BCUT2D eigenvalue weighted by Gasteiger charge is 2.03. The van der Waals surface area contributed by atoms with Crippen LogP contribution in [-0.4, -0.2) is 26.5 Å². The van der Waals surface area contributed by atoms with Crippen LogP contribution in [0.1, 0.15) is 5.56 Å². The van der Waals surface area contributed by atoms with Crippen molar-refractivity contribution in [3.8, 4) is 11.4 Å². The van der Waals surface area contributed by atoms with Gasteiger partial charge in [-0.05, 0) is 36.7 Å². The summed E-state index contributed by atoms with van der Waals surface area (Å²) in [5.74, 6) is 0.688. The van der Waals surface area contributed by atoms with Gasteiger partial charge in [-0.15, -0.1) is 0 Å². The van der Waals surface area contributed by atoms with Crippen molar-refractivity contribution >= 4 is 11.0 Å². The van der Waals surface area contributed by atoms with Crippen molar-refractivity contribution in [3.05, 3.63) is 48.5 Å². The van der Waals surface area contributed by atoms with E-state index in [1.54, 1.807) is 12.4 Å². The van der Waals surface area contributed by atoms with E-state index in [9.17, 15) is 0 Å². The second kappa shape index (κ2) is 5.07. The van der Waals surface area contributed by atoms with E-state index in [0.717, 1.165) is 28.6 Å². The zero-order valence-corrected chi connectivity index (χ0v) is 10.3. The van der Waals surface area contributed by atoms with Crippen LogP contribution >= 0.6 is 0 Å². The number of aromatic nitrogens is 4. The Morgan fingerprint density at radius 1 is 0.895 bits per heavy atom. The second-order valence-corrected chi connectivity index (χ2v) is 4.21. The van der Waals surface area contributed by atoms with Crippen LogP contribution in [0.3, 0.4) is 0 Å². The second-order valence-electron chi connectivity index (χ2n) is 4.21. The van der Waals surface area contributed by atoms with Crippen LogP contribution in [0.5, 0.6) is 0 Å². The number of benzene rings is 1. The van der Waals surface area contributed by atoms with Gasteiger partial charge in [0.15, 0.2) is 5.82 Å². The smallest absolute Gasteiger partial charge is 0.159 e. The molecule has 3 aromatic rings. The molecule has 0 atom stereocenters. The van der Waals surface area contributed by atoms with Gasteiger partial charge in [0.2, 0.25) is 0 Å². The van der Waals surface area contributed by atoms with Crippen molar-refractivity contribution in [1.29, 1.82) is 0 Å². The summed E-state index contributed by atoms with van der Waals surface area (Å²) in [5.41, 5.74) is 9.20. The van der Waals surface area contributed by atoms with Crippen LogP contribution in [-0.2, 0) is 6.42 Å². The molecule has 0 aliphatic heterocycles. The molecule has 0 fully saturated rings. The van der Waals surface area contributed by atoms with Gasteiger partial charge in [-0.3, -0.25) is 9.97 Å². The Kier molecular flexibility index (Phi) is 3.12. The van der Waals surface area contributed by atoms with Gasteiger partial charge >= 0.3 is 0 Å². The number of hydrogen-bond donors (Lipinski definition) is 1. The first kappa shape index (κ1) is 11.7. The van der Waals surface area contributed by atoms with Crippen molar-refractivity contribution in [2.24, 2.45) is 5.73 Å². The molecule has 2 N–H and O–H groups in total. The quantitative estimate of drug-likeness (QED) is 0.764. The monoisotopic (exact) mass is 251 g/mol. The summed E-state index contributed by atoms with van der Waals surface area (Å²) in [6.07, 6.45) is 7.78. The summed E-state index contributed by atoms with van der Waals surface area (Å²) in [6, 6.07) is 5.82. The number of fused-ring (bicyclic) bond motifs is 1. The van der Waals surface area contributed by atoms with E-state index in [2.05, 4.69) is 19.9 Å². The summed E-state index contributed by atoms with van der Waals surface area (Å²) in [5, 5.41) is 0. The van der Waals surface area contributed by atoms with Crippen molar-refractivity contribution in [1.82, 2.24) is 19.9 Å². The maximum atomic E-state index is 5.50. The molecule has 0 aliphatic carbocycles. The van der Waals surface area contributed by atoms with E-state index in [0.29, 0.717) is 12.4 Å². The lowest BCUT2D eigenvalue weighted by molar-refractivity contribution is 0.943. The minimum atomic E-state index is 0.605. The predicted molar refractivity (Wildman–Crippen MR) is 73.3 cm³/mol. The lowest BCUT2D eigenvalue weighted by Crippen LogP contribution is -2.03. The van der Waals surface area contributed by atoms with E-state index in [1.807, 2.05) is 30.6 Å². The van der Waals surface area contributed by atoms with Gasteiger partial charge < -0.3 is 5.73 Å². The summed E-state index contributed by atoms with van der Waals surface area (Å²) in [6.45, 7) is 0.605. The Bertz CT molecular complexity index is 694. The topological polar surface area (TPSA) is 77.6 Å².